The second-order valence-corrected chi connectivity index (χ2v) is 19.4. The van der Waals surface area contributed by atoms with Crippen molar-refractivity contribution in [3.05, 3.63) is 109 Å². The zero-order valence-corrected chi connectivity index (χ0v) is 36.9. The fourth-order valence-corrected chi connectivity index (χ4v) is 11.1. The Balaban J connectivity index is 0.000000228. The van der Waals surface area contributed by atoms with Crippen LogP contribution in [-0.2, 0) is 29.6 Å². The molecule has 0 amide bonds. The third kappa shape index (κ3) is 13.2. The summed E-state index contributed by atoms with van der Waals surface area (Å²) in [5.74, 6) is 2.08. The van der Waals surface area contributed by atoms with Crippen LogP contribution in [0.5, 0.6) is 11.5 Å². The molecule has 4 aromatic carbocycles. The fraction of sp³-hybridized carbons (Fsp3) is 0.458. The highest BCUT2D eigenvalue weighted by Crippen LogP contribution is 2.30. The van der Waals surface area contributed by atoms with Crippen LogP contribution in [0.1, 0.15) is 103 Å². The molecular weight excluding hydrogens is 797 g/mol. The number of ketones is 2. The lowest BCUT2D eigenvalue weighted by Gasteiger charge is -2.25. The molecule has 10 nitrogen and oxygen atoms in total. The Hall–Kier alpha value is -4.68. The third-order valence-electron chi connectivity index (χ3n) is 11.6. The van der Waals surface area contributed by atoms with Gasteiger partial charge in [-0.2, -0.15) is 0 Å². The Bertz CT molecular complexity index is 1960. The second kappa shape index (κ2) is 23.4. The number of rotatable bonds is 18. The number of carbonyl (C=O) groups is 2. The molecule has 0 unspecified atom stereocenters. The molecule has 12 heteroatoms. The molecule has 0 aromatic heterocycles. The van der Waals surface area contributed by atoms with Crippen LogP contribution in [0, 0.1) is 11.8 Å². The number of sulfonamides is 2. The van der Waals surface area contributed by atoms with Gasteiger partial charge in [-0.1, -0.05) is 87.8 Å². The molecule has 0 saturated heterocycles. The molecule has 0 radical (unpaired) electrons. The number of ether oxygens (including phenoxy) is 2. The van der Waals surface area contributed by atoms with Crippen LogP contribution >= 0.6 is 0 Å². The van der Waals surface area contributed by atoms with Gasteiger partial charge in [0.25, 0.3) is 20.0 Å². The van der Waals surface area contributed by atoms with E-state index in [2.05, 4.69) is 0 Å². The molecule has 0 atom stereocenters. The highest BCUT2D eigenvalue weighted by molar-refractivity contribution is 7.93. The van der Waals surface area contributed by atoms with Crippen LogP contribution < -0.4 is 18.1 Å². The Kier molecular flexibility index (Phi) is 18.1. The van der Waals surface area contributed by atoms with E-state index in [1.807, 2.05) is 36.4 Å². The average Bonchev–Trinajstić information content (AvgIpc) is 3.74. The predicted octanol–water partition coefficient (Wildman–Crippen LogP) is 10.4. The summed E-state index contributed by atoms with van der Waals surface area (Å²) in [5, 5.41) is 0. The number of benzene rings is 4. The summed E-state index contributed by atoms with van der Waals surface area (Å²) in [4.78, 5) is 25.8. The maximum Gasteiger partial charge on any atom is 0.264 e. The Labute approximate surface area is 358 Å². The number of Topliss-reactive ketones (excluding diaryl/α,β-unsaturated/α-hetero) is 2. The minimum Gasteiger partial charge on any atom is -0.497 e. The molecule has 4 aromatic rings. The molecule has 2 saturated carbocycles. The first-order valence-electron chi connectivity index (χ1n) is 21.5. The smallest absolute Gasteiger partial charge is 0.264 e. The molecule has 6 rings (SSSR count). The van der Waals surface area contributed by atoms with Crippen LogP contribution in [0.15, 0.2) is 119 Å². The third-order valence-corrected chi connectivity index (χ3v) is 15.3. The number of methoxy groups -OCH3 is 2. The van der Waals surface area contributed by atoms with E-state index in [0.717, 1.165) is 51.4 Å². The Morgan fingerprint density at radius 2 is 0.800 bits per heavy atom. The number of anilines is 2. The van der Waals surface area contributed by atoms with E-state index < -0.39 is 20.0 Å². The lowest BCUT2D eigenvalue weighted by atomic mass is 9.93. The minimum absolute atomic E-state index is 0.149. The normalized spacial score (nSPS) is 15.4. The number of hydrogen-bond donors (Lipinski definition) is 0. The van der Waals surface area contributed by atoms with Crippen molar-refractivity contribution in [2.24, 2.45) is 11.8 Å². The van der Waals surface area contributed by atoms with E-state index in [1.165, 1.54) is 34.3 Å². The maximum absolute atomic E-state index is 13.4. The van der Waals surface area contributed by atoms with Gasteiger partial charge in [-0.15, -0.1) is 0 Å². The monoisotopic (exact) mass is 858 g/mol. The summed E-state index contributed by atoms with van der Waals surface area (Å²) < 4.78 is 66.5. The molecule has 0 N–H and O–H groups in total. The summed E-state index contributed by atoms with van der Waals surface area (Å²) in [7, 11) is -4.39. The van der Waals surface area contributed by atoms with E-state index >= 15 is 0 Å². The highest BCUT2D eigenvalue weighted by Gasteiger charge is 2.28. The van der Waals surface area contributed by atoms with Gasteiger partial charge in [0.05, 0.1) is 35.4 Å². The summed E-state index contributed by atoms with van der Waals surface area (Å²) in [5.41, 5.74) is 1.21. The van der Waals surface area contributed by atoms with Crippen molar-refractivity contribution >= 4 is 43.0 Å². The zero-order chi connectivity index (χ0) is 42.8. The predicted molar refractivity (Wildman–Crippen MR) is 239 cm³/mol. The highest BCUT2D eigenvalue weighted by atomic mass is 32.2. The van der Waals surface area contributed by atoms with Gasteiger partial charge in [-0.05, 0) is 111 Å². The standard InChI is InChI=1S/2C24H31NO4S/c2*1-29-22-15-17-23(18-16-22)30(27,28)25(21-12-7-4-8-13-21)19-9-14-24(26)20-10-5-2-3-6-11-20/h2*4,7-8,12-13,15-18,20H,2-3,5-6,9-11,14,19H2,1H3. The van der Waals surface area contributed by atoms with Crippen molar-refractivity contribution in [1.29, 1.82) is 0 Å². The van der Waals surface area contributed by atoms with Gasteiger partial charge >= 0.3 is 0 Å². The Morgan fingerprint density at radius 3 is 1.10 bits per heavy atom. The van der Waals surface area contributed by atoms with E-state index in [-0.39, 0.29) is 46.3 Å². The lowest BCUT2D eigenvalue weighted by molar-refractivity contribution is -0.124. The fourth-order valence-electron chi connectivity index (χ4n) is 8.12. The first-order chi connectivity index (χ1) is 29.0. The SMILES string of the molecule is COc1ccc(S(=O)(=O)N(CCCC(=O)C2CCCCCC2)c2ccccc2)cc1.COc1ccc(S(=O)(=O)N(CCCC(=O)C2CCCCCC2)c2ccccc2)cc1. The maximum atomic E-state index is 13.4. The van der Waals surface area contributed by atoms with Gasteiger partial charge in [0, 0.05) is 37.8 Å². The van der Waals surface area contributed by atoms with Crippen molar-refractivity contribution in [1.82, 2.24) is 0 Å². The van der Waals surface area contributed by atoms with Gasteiger partial charge in [-0.25, -0.2) is 16.8 Å². The molecular formula is C48H62N2O8S2. The first kappa shape index (κ1) is 46.4. The van der Waals surface area contributed by atoms with E-state index in [0.29, 0.717) is 48.6 Å². The van der Waals surface area contributed by atoms with Crippen molar-refractivity contribution < 1.29 is 35.9 Å². The Morgan fingerprint density at radius 1 is 0.483 bits per heavy atom. The lowest BCUT2D eigenvalue weighted by Crippen LogP contribution is -2.32. The van der Waals surface area contributed by atoms with Crippen LogP contribution in [0.2, 0.25) is 0 Å². The second-order valence-electron chi connectivity index (χ2n) is 15.7. The molecule has 0 aliphatic heterocycles. The van der Waals surface area contributed by atoms with Gasteiger partial charge < -0.3 is 9.47 Å². The molecule has 2 fully saturated rings. The van der Waals surface area contributed by atoms with Crippen LogP contribution in [-0.4, -0.2) is 55.7 Å². The quantitative estimate of drug-likeness (QED) is 0.0905. The molecule has 0 heterocycles. The summed E-state index contributed by atoms with van der Waals surface area (Å²) in [6.07, 6.45) is 15.1. The largest absolute Gasteiger partial charge is 0.497 e. The average molecular weight is 859 g/mol. The van der Waals surface area contributed by atoms with Crippen molar-refractivity contribution in [3.63, 3.8) is 0 Å². The molecule has 324 valence electrons. The summed E-state index contributed by atoms with van der Waals surface area (Å²) >= 11 is 0. The zero-order valence-electron chi connectivity index (χ0n) is 35.3. The molecule has 0 spiro atoms. The van der Waals surface area contributed by atoms with Crippen molar-refractivity contribution in [2.45, 2.75) is 113 Å². The van der Waals surface area contributed by atoms with Crippen LogP contribution in [0.4, 0.5) is 11.4 Å². The minimum atomic E-state index is -3.74. The number of nitrogens with zero attached hydrogens (tertiary/aromatic N) is 2. The van der Waals surface area contributed by atoms with E-state index in [4.69, 9.17) is 9.47 Å². The number of hydrogen-bond acceptors (Lipinski definition) is 8. The summed E-state index contributed by atoms with van der Waals surface area (Å²) in [6.45, 7) is 0.549. The first-order valence-corrected chi connectivity index (χ1v) is 24.4. The van der Waals surface area contributed by atoms with Crippen molar-refractivity contribution in [3.8, 4) is 11.5 Å². The van der Waals surface area contributed by atoms with E-state index in [9.17, 15) is 26.4 Å². The number of para-hydroxylation sites is 2. The van der Waals surface area contributed by atoms with Gasteiger partial charge in [0.15, 0.2) is 0 Å². The van der Waals surface area contributed by atoms with Gasteiger partial charge in [0.1, 0.15) is 23.1 Å². The van der Waals surface area contributed by atoms with E-state index in [1.54, 1.807) is 87.0 Å². The molecule has 60 heavy (non-hydrogen) atoms. The molecule has 2 aliphatic carbocycles. The van der Waals surface area contributed by atoms with Gasteiger partial charge in [-0.3, -0.25) is 18.2 Å². The topological polar surface area (TPSA) is 127 Å². The van der Waals surface area contributed by atoms with Crippen LogP contribution in [0.25, 0.3) is 0 Å². The van der Waals surface area contributed by atoms with Gasteiger partial charge in [0.2, 0.25) is 0 Å². The number of carbonyl (C=O) groups excluding carboxylic acids is 2. The van der Waals surface area contributed by atoms with Crippen molar-refractivity contribution in [2.75, 3.05) is 35.9 Å². The summed E-state index contributed by atoms with van der Waals surface area (Å²) in [6, 6.07) is 31.0. The molecule has 0 bridgehead atoms. The molecule has 2 aliphatic rings. The van der Waals surface area contributed by atoms with Crippen LogP contribution in [0.3, 0.4) is 0 Å².